The number of hydrogen-bond acceptors (Lipinski definition) is 8. The first-order valence-electron chi connectivity index (χ1n) is 11.7. The molecule has 5 N–H and O–H groups in total. The SMILES string of the molecule is O=P(O)(O)N1CCN=C1NN=Cc1c2ccccc2c(C=NNCCC2=NCCN2)c2ccccc12. The molecule has 11 nitrogen and oxygen atoms in total. The Morgan fingerprint density at radius 1 is 0.944 bits per heavy atom. The summed E-state index contributed by atoms with van der Waals surface area (Å²) in [6.45, 7) is 2.85. The molecule has 2 heterocycles. The molecular formula is C24H27N8O3P. The third-order valence-corrected chi connectivity index (χ3v) is 7.03. The second-order valence-electron chi connectivity index (χ2n) is 8.30. The van der Waals surface area contributed by atoms with Crippen LogP contribution in [0.25, 0.3) is 21.5 Å². The van der Waals surface area contributed by atoms with Gasteiger partial charge in [0.2, 0.25) is 5.96 Å². The molecule has 0 amide bonds. The lowest BCUT2D eigenvalue weighted by atomic mass is 9.92. The highest BCUT2D eigenvalue weighted by molar-refractivity contribution is 7.50. The molecular weight excluding hydrogens is 479 g/mol. The number of fused-ring (bicyclic) bond motifs is 2. The fraction of sp³-hybridized carbons (Fsp3) is 0.250. The van der Waals surface area contributed by atoms with Crippen molar-refractivity contribution in [3.63, 3.8) is 0 Å². The number of nitrogens with one attached hydrogen (secondary N) is 3. The Bertz CT molecular complexity index is 1390. The van der Waals surface area contributed by atoms with E-state index in [1.165, 1.54) is 0 Å². The summed E-state index contributed by atoms with van der Waals surface area (Å²) in [5.74, 6) is 1.07. The van der Waals surface area contributed by atoms with Gasteiger partial charge in [0, 0.05) is 30.6 Å². The number of hydrazone groups is 2. The van der Waals surface area contributed by atoms with Crippen LogP contribution in [0.1, 0.15) is 17.5 Å². The van der Waals surface area contributed by atoms with Crippen molar-refractivity contribution in [2.45, 2.75) is 6.42 Å². The molecule has 36 heavy (non-hydrogen) atoms. The van der Waals surface area contributed by atoms with Crippen molar-refractivity contribution < 1.29 is 14.4 Å². The molecule has 0 radical (unpaired) electrons. The van der Waals surface area contributed by atoms with Gasteiger partial charge in [-0.25, -0.2) is 19.7 Å². The largest absolute Gasteiger partial charge is 0.432 e. The van der Waals surface area contributed by atoms with Crippen LogP contribution < -0.4 is 16.2 Å². The van der Waals surface area contributed by atoms with Crippen LogP contribution in [-0.2, 0) is 4.57 Å². The molecule has 0 saturated heterocycles. The van der Waals surface area contributed by atoms with Gasteiger partial charge < -0.3 is 20.5 Å². The summed E-state index contributed by atoms with van der Waals surface area (Å²) in [4.78, 5) is 27.5. The summed E-state index contributed by atoms with van der Waals surface area (Å²) >= 11 is 0. The fourth-order valence-corrected chi connectivity index (χ4v) is 5.08. The van der Waals surface area contributed by atoms with Crippen LogP contribution in [0.3, 0.4) is 0 Å². The van der Waals surface area contributed by atoms with Gasteiger partial charge in [-0.2, -0.15) is 10.2 Å². The average molecular weight is 507 g/mol. The number of nitrogens with zero attached hydrogens (tertiary/aromatic N) is 5. The Labute approximate surface area is 207 Å². The summed E-state index contributed by atoms with van der Waals surface area (Å²) in [5.41, 5.74) is 7.69. The van der Waals surface area contributed by atoms with Crippen molar-refractivity contribution in [2.24, 2.45) is 20.2 Å². The fourth-order valence-electron chi connectivity index (χ4n) is 4.38. The van der Waals surface area contributed by atoms with Crippen molar-refractivity contribution in [2.75, 3.05) is 32.7 Å². The number of benzene rings is 3. The van der Waals surface area contributed by atoms with Crippen molar-refractivity contribution in [3.05, 3.63) is 59.7 Å². The lowest BCUT2D eigenvalue weighted by Crippen LogP contribution is -2.33. The van der Waals surface area contributed by atoms with Crippen molar-refractivity contribution >= 4 is 53.5 Å². The number of guanidine groups is 1. The highest BCUT2D eigenvalue weighted by atomic mass is 31.2. The first-order valence-corrected chi connectivity index (χ1v) is 13.2. The highest BCUT2D eigenvalue weighted by Crippen LogP contribution is 2.41. The molecule has 0 aromatic heterocycles. The predicted octanol–water partition coefficient (Wildman–Crippen LogP) is 2.00. The van der Waals surface area contributed by atoms with Crippen molar-refractivity contribution in [1.82, 2.24) is 20.8 Å². The van der Waals surface area contributed by atoms with E-state index in [0.717, 1.165) is 62.7 Å². The normalized spacial score (nSPS) is 16.2. The predicted molar refractivity (Wildman–Crippen MR) is 144 cm³/mol. The molecule has 0 saturated carbocycles. The Hall–Kier alpha value is -3.79. The Morgan fingerprint density at radius 2 is 1.56 bits per heavy atom. The number of amidine groups is 1. The van der Waals surface area contributed by atoms with Gasteiger partial charge in [-0.15, -0.1) is 0 Å². The van der Waals surface area contributed by atoms with Gasteiger partial charge in [0.15, 0.2) is 0 Å². The van der Waals surface area contributed by atoms with Gasteiger partial charge >= 0.3 is 7.75 Å². The minimum atomic E-state index is -4.45. The van der Waals surface area contributed by atoms with E-state index in [1.807, 2.05) is 54.7 Å². The molecule has 0 unspecified atom stereocenters. The second-order valence-corrected chi connectivity index (χ2v) is 9.81. The zero-order chi connectivity index (χ0) is 25.0. The monoisotopic (exact) mass is 506 g/mol. The third kappa shape index (κ3) is 5.08. The smallest absolute Gasteiger partial charge is 0.372 e. The molecule has 12 heteroatoms. The molecule has 2 aliphatic heterocycles. The van der Waals surface area contributed by atoms with Crippen molar-refractivity contribution in [3.8, 4) is 0 Å². The summed E-state index contributed by atoms with van der Waals surface area (Å²) in [6.07, 6.45) is 4.31. The topological polar surface area (TPSA) is 146 Å². The summed E-state index contributed by atoms with van der Waals surface area (Å²) in [7, 11) is -4.45. The molecule has 0 fully saturated rings. The van der Waals surface area contributed by atoms with E-state index in [2.05, 4.69) is 36.4 Å². The van der Waals surface area contributed by atoms with Gasteiger partial charge in [0.25, 0.3) is 0 Å². The number of aliphatic imine (C=N–C) groups is 2. The highest BCUT2D eigenvalue weighted by Gasteiger charge is 2.31. The van der Waals surface area contributed by atoms with Crippen LogP contribution in [0.4, 0.5) is 0 Å². The lowest BCUT2D eigenvalue weighted by molar-refractivity contribution is 0.320. The Morgan fingerprint density at radius 3 is 2.11 bits per heavy atom. The van der Waals surface area contributed by atoms with E-state index in [-0.39, 0.29) is 12.5 Å². The van der Waals surface area contributed by atoms with Crippen LogP contribution in [0.2, 0.25) is 0 Å². The molecule has 186 valence electrons. The summed E-state index contributed by atoms with van der Waals surface area (Å²) in [5, 5.41) is 16.0. The second kappa shape index (κ2) is 10.4. The van der Waals surface area contributed by atoms with Crippen LogP contribution in [0.15, 0.2) is 68.7 Å². The van der Waals surface area contributed by atoms with Crippen LogP contribution in [-0.4, -0.2) is 71.4 Å². The number of hydrogen-bond donors (Lipinski definition) is 5. The quantitative estimate of drug-likeness (QED) is 0.103. The van der Waals surface area contributed by atoms with Crippen LogP contribution in [0, 0.1) is 0 Å². The maximum Gasteiger partial charge on any atom is 0.432 e. The van der Waals surface area contributed by atoms with E-state index in [4.69, 9.17) is 0 Å². The van der Waals surface area contributed by atoms with Gasteiger partial charge in [0.1, 0.15) is 0 Å². The van der Waals surface area contributed by atoms with Gasteiger partial charge in [-0.05, 0) is 21.5 Å². The van der Waals surface area contributed by atoms with Gasteiger partial charge in [-0.3, -0.25) is 4.99 Å². The van der Waals surface area contributed by atoms with Crippen LogP contribution in [0.5, 0.6) is 0 Å². The molecule has 0 atom stereocenters. The average Bonchev–Trinajstić information content (AvgIpc) is 3.57. The maximum atomic E-state index is 11.7. The first kappa shape index (κ1) is 23.9. The Kier molecular flexibility index (Phi) is 6.95. The van der Waals surface area contributed by atoms with E-state index in [0.29, 0.717) is 13.1 Å². The zero-order valence-electron chi connectivity index (χ0n) is 19.5. The minimum absolute atomic E-state index is 0.0572. The molecule has 3 aromatic rings. The summed E-state index contributed by atoms with van der Waals surface area (Å²) < 4.78 is 12.6. The van der Waals surface area contributed by atoms with E-state index in [9.17, 15) is 14.4 Å². The zero-order valence-corrected chi connectivity index (χ0v) is 20.4. The third-order valence-electron chi connectivity index (χ3n) is 6.01. The van der Waals surface area contributed by atoms with E-state index < -0.39 is 7.75 Å². The minimum Gasteiger partial charge on any atom is -0.372 e. The van der Waals surface area contributed by atoms with E-state index in [1.54, 1.807) is 6.21 Å². The van der Waals surface area contributed by atoms with Crippen LogP contribution >= 0.6 is 7.75 Å². The first-order chi connectivity index (χ1) is 17.5. The molecule has 5 rings (SSSR count). The van der Waals surface area contributed by atoms with E-state index >= 15 is 0 Å². The van der Waals surface area contributed by atoms with Gasteiger partial charge in [-0.1, -0.05) is 48.5 Å². The molecule has 0 aliphatic carbocycles. The Balaban J connectivity index is 1.44. The summed E-state index contributed by atoms with van der Waals surface area (Å²) in [6, 6.07) is 16.0. The lowest BCUT2D eigenvalue weighted by Gasteiger charge is -2.19. The molecule has 0 spiro atoms. The van der Waals surface area contributed by atoms with Gasteiger partial charge in [0.05, 0.1) is 37.9 Å². The molecule has 0 bridgehead atoms. The molecule has 3 aromatic carbocycles. The maximum absolute atomic E-state index is 11.7. The number of rotatable bonds is 8. The molecule has 2 aliphatic rings. The van der Waals surface area contributed by atoms with Crippen molar-refractivity contribution in [1.29, 1.82) is 0 Å². The standard InChI is InChI=1S/C24H27N8O3P/c33-36(34,35)32-14-13-27-24(32)31-30-16-22-19-7-3-1-5-17(19)21(18-6-2-4-8-20(18)22)15-29-28-10-9-23-25-11-12-26-23/h1-8,15-16,28H,9-14H2,(H,25,26)(H,27,31)(H2,33,34,35).